The van der Waals surface area contributed by atoms with E-state index >= 15 is 0 Å². The molecule has 0 spiro atoms. The number of benzene rings is 2. The Morgan fingerprint density at radius 3 is 2.94 bits per heavy atom. The number of hydrogen-bond donors (Lipinski definition) is 1. The summed E-state index contributed by atoms with van der Waals surface area (Å²) in [6.45, 7) is 2.26. The van der Waals surface area contributed by atoms with Crippen molar-refractivity contribution in [2.45, 2.75) is 19.4 Å². The lowest BCUT2D eigenvalue weighted by molar-refractivity contribution is -0.105. The minimum atomic E-state index is -0.733. The van der Waals surface area contributed by atoms with Crippen molar-refractivity contribution >= 4 is 34.9 Å². The fourth-order valence-electron chi connectivity index (χ4n) is 4.35. The summed E-state index contributed by atoms with van der Waals surface area (Å²) >= 11 is 0. The summed E-state index contributed by atoms with van der Waals surface area (Å²) in [5.41, 5.74) is 1.87. The molecule has 1 aliphatic rings. The zero-order valence-corrected chi connectivity index (χ0v) is 19.6. The van der Waals surface area contributed by atoms with E-state index in [0.29, 0.717) is 30.5 Å². The number of hydrogen-bond acceptors (Lipinski definition) is 8. The standard InChI is InChI=1S/C25H23FN6O4/c1-3-35-24(34)22-21(28-14-33)23(31(2)18-10-11-36-20-7-5-4-6-16(18)20)30-25(29-22)32-13-27-17-9-8-15(26)12-19(17)32/h4-9,12-14,18H,3,10-11H2,1-2H3,(H,28,33). The van der Waals surface area contributed by atoms with Crippen molar-refractivity contribution in [2.75, 3.05) is 30.5 Å². The number of esters is 1. The number of para-hydroxylation sites is 1. The van der Waals surface area contributed by atoms with Crippen molar-refractivity contribution in [2.24, 2.45) is 0 Å². The first-order chi connectivity index (χ1) is 17.5. The van der Waals surface area contributed by atoms with Gasteiger partial charge in [-0.2, -0.15) is 4.98 Å². The predicted octanol–water partition coefficient (Wildman–Crippen LogP) is 3.66. The van der Waals surface area contributed by atoms with Gasteiger partial charge in [-0.15, -0.1) is 0 Å². The molecule has 0 aliphatic carbocycles. The van der Waals surface area contributed by atoms with Gasteiger partial charge >= 0.3 is 5.97 Å². The van der Waals surface area contributed by atoms with Gasteiger partial charge in [0.05, 0.1) is 30.3 Å². The highest BCUT2D eigenvalue weighted by molar-refractivity contribution is 5.99. The van der Waals surface area contributed by atoms with Gasteiger partial charge in [0.25, 0.3) is 0 Å². The average Bonchev–Trinajstić information content (AvgIpc) is 3.31. The van der Waals surface area contributed by atoms with Gasteiger partial charge in [-0.05, 0) is 25.1 Å². The third kappa shape index (κ3) is 4.08. The molecule has 5 rings (SSSR count). The maximum Gasteiger partial charge on any atom is 0.359 e. The number of amides is 1. The molecule has 0 bridgehead atoms. The molecule has 3 heterocycles. The van der Waals surface area contributed by atoms with Gasteiger partial charge < -0.3 is 19.7 Å². The molecule has 2 aromatic heterocycles. The van der Waals surface area contributed by atoms with Crippen LogP contribution in [-0.2, 0) is 9.53 Å². The van der Waals surface area contributed by atoms with Crippen molar-refractivity contribution in [1.82, 2.24) is 19.5 Å². The highest BCUT2D eigenvalue weighted by Gasteiger charge is 2.31. The van der Waals surface area contributed by atoms with E-state index in [1.54, 1.807) is 13.0 Å². The number of nitrogens with zero attached hydrogens (tertiary/aromatic N) is 5. The number of ether oxygens (including phenoxy) is 2. The van der Waals surface area contributed by atoms with Gasteiger partial charge in [0, 0.05) is 25.1 Å². The molecule has 11 heteroatoms. The smallest absolute Gasteiger partial charge is 0.359 e. The van der Waals surface area contributed by atoms with Crippen LogP contribution in [0.1, 0.15) is 35.4 Å². The molecule has 184 valence electrons. The monoisotopic (exact) mass is 490 g/mol. The minimum absolute atomic E-state index is 0.0739. The first-order valence-corrected chi connectivity index (χ1v) is 11.4. The van der Waals surface area contributed by atoms with Crippen molar-refractivity contribution in [3.8, 4) is 11.7 Å². The quantitative estimate of drug-likeness (QED) is 0.309. The fraction of sp³-hybridized carbons (Fsp3) is 0.240. The van der Waals surface area contributed by atoms with Crippen LogP contribution in [0.2, 0.25) is 0 Å². The highest BCUT2D eigenvalue weighted by atomic mass is 19.1. The van der Waals surface area contributed by atoms with Gasteiger partial charge in [-0.1, -0.05) is 18.2 Å². The van der Waals surface area contributed by atoms with E-state index in [0.717, 1.165) is 11.3 Å². The van der Waals surface area contributed by atoms with Crippen LogP contribution in [0.5, 0.6) is 5.75 Å². The van der Waals surface area contributed by atoms with E-state index < -0.39 is 11.8 Å². The molecule has 36 heavy (non-hydrogen) atoms. The number of carbonyl (C=O) groups is 2. The lowest BCUT2D eigenvalue weighted by Gasteiger charge is -2.35. The third-order valence-electron chi connectivity index (χ3n) is 6.00. The number of anilines is 2. The van der Waals surface area contributed by atoms with Gasteiger partial charge in [-0.3, -0.25) is 9.36 Å². The first-order valence-electron chi connectivity index (χ1n) is 11.4. The summed E-state index contributed by atoms with van der Waals surface area (Å²) < 4.78 is 26.6. The van der Waals surface area contributed by atoms with Crippen LogP contribution in [0.15, 0.2) is 48.8 Å². The van der Waals surface area contributed by atoms with E-state index in [2.05, 4.69) is 15.3 Å². The van der Waals surface area contributed by atoms with Crippen LogP contribution < -0.4 is 15.0 Å². The van der Waals surface area contributed by atoms with Gasteiger partial charge in [-0.25, -0.2) is 19.2 Å². The molecule has 0 saturated heterocycles. The Hall–Kier alpha value is -4.54. The van der Waals surface area contributed by atoms with Gasteiger partial charge in [0.2, 0.25) is 12.4 Å². The topological polar surface area (TPSA) is 111 Å². The third-order valence-corrected chi connectivity index (χ3v) is 6.00. The Kier molecular flexibility index (Phi) is 6.19. The van der Waals surface area contributed by atoms with Crippen molar-refractivity contribution in [3.63, 3.8) is 0 Å². The van der Waals surface area contributed by atoms with Crippen LogP contribution in [0.4, 0.5) is 15.9 Å². The molecule has 10 nitrogen and oxygen atoms in total. The molecule has 1 unspecified atom stereocenters. The van der Waals surface area contributed by atoms with Crippen molar-refractivity contribution in [1.29, 1.82) is 0 Å². The lowest BCUT2D eigenvalue weighted by atomic mass is 9.99. The summed E-state index contributed by atoms with van der Waals surface area (Å²) in [6.07, 6.45) is 2.55. The average molecular weight is 490 g/mol. The molecule has 1 aliphatic heterocycles. The van der Waals surface area contributed by atoms with E-state index in [1.807, 2.05) is 36.2 Å². The summed E-state index contributed by atoms with van der Waals surface area (Å²) in [7, 11) is 1.81. The first kappa shape index (κ1) is 23.2. The number of imidazole rings is 1. The van der Waals surface area contributed by atoms with E-state index in [9.17, 15) is 14.0 Å². The molecule has 1 amide bonds. The van der Waals surface area contributed by atoms with E-state index in [1.165, 1.54) is 23.0 Å². The molecule has 0 fully saturated rings. The maximum absolute atomic E-state index is 14.0. The van der Waals surface area contributed by atoms with Crippen LogP contribution in [-0.4, -0.2) is 52.2 Å². The largest absolute Gasteiger partial charge is 0.493 e. The number of aromatic nitrogens is 4. The molecule has 0 saturated carbocycles. The summed E-state index contributed by atoms with van der Waals surface area (Å²) in [6, 6.07) is 11.7. The molecule has 1 atom stereocenters. The van der Waals surface area contributed by atoms with Crippen LogP contribution >= 0.6 is 0 Å². The molecule has 0 radical (unpaired) electrons. The zero-order chi connectivity index (χ0) is 25.2. The van der Waals surface area contributed by atoms with Gasteiger partial charge in [0.15, 0.2) is 11.5 Å². The molecule has 4 aromatic rings. The Labute approximate surface area is 205 Å². The Balaban J connectivity index is 1.72. The Morgan fingerprint density at radius 1 is 1.31 bits per heavy atom. The summed E-state index contributed by atoms with van der Waals surface area (Å²) in [5.74, 6) is -0.0743. The number of nitrogens with one attached hydrogen (secondary N) is 1. The van der Waals surface area contributed by atoms with Crippen LogP contribution in [0.3, 0.4) is 0 Å². The second-order valence-electron chi connectivity index (χ2n) is 8.10. The van der Waals surface area contributed by atoms with E-state index in [-0.39, 0.29) is 35.8 Å². The van der Waals surface area contributed by atoms with Crippen LogP contribution in [0.25, 0.3) is 17.0 Å². The highest BCUT2D eigenvalue weighted by Crippen LogP contribution is 2.40. The SMILES string of the molecule is CCOC(=O)c1nc(-n2cnc3ccc(F)cc32)nc(N(C)C2CCOc3ccccc32)c1NC=O. The fourth-order valence-corrected chi connectivity index (χ4v) is 4.35. The molecule has 1 N–H and O–H groups in total. The maximum atomic E-state index is 14.0. The second kappa shape index (κ2) is 9.61. The van der Waals surface area contributed by atoms with Crippen molar-refractivity contribution < 1.29 is 23.5 Å². The number of fused-ring (bicyclic) bond motifs is 2. The number of rotatable bonds is 7. The Morgan fingerprint density at radius 2 is 2.14 bits per heavy atom. The van der Waals surface area contributed by atoms with Crippen LogP contribution in [0, 0.1) is 5.82 Å². The number of halogens is 1. The second-order valence-corrected chi connectivity index (χ2v) is 8.10. The minimum Gasteiger partial charge on any atom is -0.493 e. The molecule has 2 aromatic carbocycles. The number of carbonyl (C=O) groups excluding carboxylic acids is 2. The lowest BCUT2D eigenvalue weighted by Crippen LogP contribution is -2.31. The van der Waals surface area contributed by atoms with Gasteiger partial charge in [0.1, 0.15) is 23.6 Å². The molecular formula is C25H23FN6O4. The molecular weight excluding hydrogens is 467 g/mol. The van der Waals surface area contributed by atoms with Crippen molar-refractivity contribution in [3.05, 3.63) is 65.9 Å². The predicted molar refractivity (Wildman–Crippen MR) is 130 cm³/mol. The van der Waals surface area contributed by atoms with E-state index in [4.69, 9.17) is 14.5 Å². The Bertz CT molecular complexity index is 1460. The summed E-state index contributed by atoms with van der Waals surface area (Å²) in [4.78, 5) is 39.8. The normalized spacial score (nSPS) is 14.6. The summed E-state index contributed by atoms with van der Waals surface area (Å²) in [5, 5.41) is 2.58. The zero-order valence-electron chi connectivity index (χ0n) is 19.6.